The zero-order valence-electron chi connectivity index (χ0n) is 17.5. The van der Waals surface area contributed by atoms with Gasteiger partial charge in [-0.05, 0) is 50.7 Å². The molecule has 1 aromatic carbocycles. The molecule has 0 bridgehead atoms. The minimum atomic E-state index is -3.05. The Morgan fingerprint density at radius 1 is 1.13 bits per heavy atom. The molecule has 1 fully saturated rings. The second-order valence-corrected chi connectivity index (χ2v) is 10.9. The Kier molecular flexibility index (Phi) is 4.92. The number of amides is 1. The van der Waals surface area contributed by atoms with E-state index in [1.54, 1.807) is 6.07 Å². The zero-order valence-corrected chi connectivity index (χ0v) is 18.3. The molecule has 3 aromatic rings. The number of hydrogen-bond donors (Lipinski definition) is 1. The Balaban J connectivity index is 1.41. The molecule has 5 rings (SSSR count). The molecular weight excluding hydrogens is 418 g/mol. The van der Waals surface area contributed by atoms with Crippen molar-refractivity contribution in [3.63, 3.8) is 0 Å². The van der Waals surface area contributed by atoms with Crippen molar-refractivity contribution in [1.29, 1.82) is 0 Å². The Labute approximate surface area is 179 Å². The Morgan fingerprint density at radius 3 is 2.68 bits per heavy atom. The van der Waals surface area contributed by atoms with Crippen LogP contribution in [0.3, 0.4) is 0 Å². The molecule has 0 spiro atoms. The highest BCUT2D eigenvalue weighted by molar-refractivity contribution is 7.91. The Bertz CT molecular complexity index is 1360. The van der Waals surface area contributed by atoms with Gasteiger partial charge in [0, 0.05) is 46.8 Å². The minimum absolute atomic E-state index is 0.0130. The van der Waals surface area contributed by atoms with Gasteiger partial charge in [0.15, 0.2) is 9.84 Å². The van der Waals surface area contributed by atoms with Gasteiger partial charge in [0.05, 0.1) is 11.5 Å². The predicted molar refractivity (Wildman–Crippen MR) is 117 cm³/mol. The number of nitrogens with one attached hydrogen (secondary N) is 1. The quantitative estimate of drug-likeness (QED) is 0.622. The largest absolute Gasteiger partial charge is 0.461 e. The van der Waals surface area contributed by atoms with E-state index in [1.165, 1.54) is 5.56 Å². The summed E-state index contributed by atoms with van der Waals surface area (Å²) >= 11 is 0. The van der Waals surface area contributed by atoms with E-state index in [4.69, 9.17) is 8.83 Å². The van der Waals surface area contributed by atoms with E-state index in [2.05, 4.69) is 5.32 Å². The summed E-state index contributed by atoms with van der Waals surface area (Å²) < 4.78 is 34.7. The number of carbonyl (C=O) groups is 1. The summed E-state index contributed by atoms with van der Waals surface area (Å²) in [5, 5.41) is 4.71. The van der Waals surface area contributed by atoms with Crippen LogP contribution >= 0.6 is 0 Å². The van der Waals surface area contributed by atoms with E-state index in [0.717, 1.165) is 53.4 Å². The van der Waals surface area contributed by atoms with Gasteiger partial charge >= 0.3 is 5.63 Å². The molecule has 1 aliphatic carbocycles. The lowest BCUT2D eigenvalue weighted by molar-refractivity contribution is -0.121. The summed E-state index contributed by atoms with van der Waals surface area (Å²) in [7, 11) is -3.05. The van der Waals surface area contributed by atoms with Gasteiger partial charge in [0.2, 0.25) is 5.91 Å². The van der Waals surface area contributed by atoms with Crippen molar-refractivity contribution in [1.82, 2.24) is 5.32 Å². The highest BCUT2D eigenvalue weighted by Gasteiger charge is 2.29. The van der Waals surface area contributed by atoms with E-state index in [0.29, 0.717) is 17.6 Å². The van der Waals surface area contributed by atoms with Crippen LogP contribution in [0, 0.1) is 6.92 Å². The molecule has 7 nitrogen and oxygen atoms in total. The van der Waals surface area contributed by atoms with Crippen molar-refractivity contribution in [2.75, 3.05) is 11.5 Å². The first kappa shape index (κ1) is 20.3. The van der Waals surface area contributed by atoms with Gasteiger partial charge in [-0.2, -0.15) is 0 Å². The second kappa shape index (κ2) is 7.51. The van der Waals surface area contributed by atoms with E-state index in [-0.39, 0.29) is 36.3 Å². The van der Waals surface area contributed by atoms with Crippen LogP contribution in [-0.4, -0.2) is 31.9 Å². The predicted octanol–water partition coefficient (Wildman–Crippen LogP) is 2.96. The van der Waals surface area contributed by atoms with Gasteiger partial charge < -0.3 is 14.2 Å². The molecule has 1 amide bonds. The number of carbonyl (C=O) groups excluding carboxylic acids is 1. The molecule has 164 valence electrons. The topological polar surface area (TPSA) is 107 Å². The van der Waals surface area contributed by atoms with Crippen LogP contribution < -0.4 is 10.9 Å². The summed E-state index contributed by atoms with van der Waals surface area (Å²) in [5.74, 6) is 0.876. The van der Waals surface area contributed by atoms with Gasteiger partial charge in [-0.3, -0.25) is 4.79 Å². The van der Waals surface area contributed by atoms with E-state index in [9.17, 15) is 18.0 Å². The summed E-state index contributed by atoms with van der Waals surface area (Å²) in [5.41, 5.74) is 3.35. The first-order valence-electron chi connectivity index (χ1n) is 10.8. The van der Waals surface area contributed by atoms with Crippen molar-refractivity contribution in [3.05, 3.63) is 45.0 Å². The van der Waals surface area contributed by atoms with Crippen LogP contribution in [-0.2, 0) is 33.9 Å². The lowest BCUT2D eigenvalue weighted by Crippen LogP contribution is -2.35. The molecule has 31 heavy (non-hydrogen) atoms. The molecule has 0 unspecified atom stereocenters. The number of rotatable bonds is 4. The lowest BCUT2D eigenvalue weighted by Gasteiger charge is -2.12. The molecule has 1 atom stereocenters. The third-order valence-corrected chi connectivity index (χ3v) is 8.33. The SMILES string of the molecule is Cc1c(CCC(=O)N[C@@H]2CCS(=O)(=O)C2)c(=O)oc2cc3oc4c(c3cc12)CCCC4. The van der Waals surface area contributed by atoms with Crippen molar-refractivity contribution >= 4 is 37.7 Å². The van der Waals surface area contributed by atoms with Gasteiger partial charge in [-0.25, -0.2) is 13.2 Å². The van der Waals surface area contributed by atoms with Crippen molar-refractivity contribution in [3.8, 4) is 0 Å². The first-order chi connectivity index (χ1) is 14.8. The summed E-state index contributed by atoms with van der Waals surface area (Å²) in [4.78, 5) is 24.9. The van der Waals surface area contributed by atoms with Gasteiger partial charge in [-0.1, -0.05) is 0 Å². The third-order valence-electron chi connectivity index (χ3n) is 6.56. The molecule has 2 aliphatic rings. The molecule has 2 aromatic heterocycles. The maximum absolute atomic E-state index is 12.6. The first-order valence-corrected chi connectivity index (χ1v) is 12.6. The van der Waals surface area contributed by atoms with Crippen LogP contribution in [0.2, 0.25) is 0 Å². The molecule has 0 saturated carbocycles. The third kappa shape index (κ3) is 3.78. The van der Waals surface area contributed by atoms with Crippen LogP contribution in [0.15, 0.2) is 25.8 Å². The smallest absolute Gasteiger partial charge is 0.339 e. The second-order valence-electron chi connectivity index (χ2n) is 8.72. The summed E-state index contributed by atoms with van der Waals surface area (Å²) in [6.07, 6.45) is 4.99. The van der Waals surface area contributed by atoms with Crippen LogP contribution in [0.25, 0.3) is 21.9 Å². The fourth-order valence-electron chi connectivity index (χ4n) is 4.88. The highest BCUT2D eigenvalue weighted by Crippen LogP contribution is 2.35. The molecular formula is C23H25NO6S. The molecule has 1 N–H and O–H groups in total. The standard InChI is InChI=1S/C23H25NO6S/c1-13-15(6-7-22(25)24-14-8-9-31(27,28)12-14)23(26)30-20-11-21-18(10-17(13)20)16-4-2-3-5-19(16)29-21/h10-11,14H,2-9,12H2,1H3,(H,24,25)/t14-/m1/s1. The number of fused-ring (bicyclic) bond motifs is 4. The van der Waals surface area contributed by atoms with Crippen LogP contribution in [0.4, 0.5) is 0 Å². The van der Waals surface area contributed by atoms with Crippen LogP contribution in [0.1, 0.15) is 48.1 Å². The fourth-order valence-corrected chi connectivity index (χ4v) is 6.55. The normalized spacial score (nSPS) is 20.2. The minimum Gasteiger partial charge on any atom is -0.461 e. The highest BCUT2D eigenvalue weighted by atomic mass is 32.2. The number of sulfone groups is 1. The number of aryl methyl sites for hydroxylation is 3. The average Bonchev–Trinajstić information content (AvgIpc) is 3.25. The molecule has 0 radical (unpaired) electrons. The molecule has 1 aliphatic heterocycles. The number of hydrogen-bond acceptors (Lipinski definition) is 6. The molecule has 8 heteroatoms. The van der Waals surface area contributed by atoms with Gasteiger partial charge in [0.25, 0.3) is 0 Å². The summed E-state index contributed by atoms with van der Waals surface area (Å²) in [6, 6.07) is 3.50. The van der Waals surface area contributed by atoms with Crippen molar-refractivity contribution < 1.29 is 22.0 Å². The zero-order chi connectivity index (χ0) is 21.8. The van der Waals surface area contributed by atoms with Gasteiger partial charge in [-0.15, -0.1) is 0 Å². The monoisotopic (exact) mass is 443 g/mol. The van der Waals surface area contributed by atoms with Crippen LogP contribution in [0.5, 0.6) is 0 Å². The van der Waals surface area contributed by atoms with E-state index >= 15 is 0 Å². The number of furan rings is 1. The average molecular weight is 444 g/mol. The summed E-state index contributed by atoms with van der Waals surface area (Å²) in [6.45, 7) is 1.88. The van der Waals surface area contributed by atoms with E-state index < -0.39 is 15.5 Å². The van der Waals surface area contributed by atoms with Crippen molar-refractivity contribution in [2.24, 2.45) is 0 Å². The van der Waals surface area contributed by atoms with E-state index in [1.807, 2.05) is 13.0 Å². The van der Waals surface area contributed by atoms with Gasteiger partial charge in [0.1, 0.15) is 16.9 Å². The fraction of sp³-hybridized carbons (Fsp3) is 0.478. The maximum Gasteiger partial charge on any atom is 0.339 e. The maximum atomic E-state index is 12.6. The Hall–Kier alpha value is -2.61. The lowest BCUT2D eigenvalue weighted by atomic mass is 9.94. The Morgan fingerprint density at radius 2 is 1.90 bits per heavy atom. The number of benzene rings is 1. The molecule has 1 saturated heterocycles. The van der Waals surface area contributed by atoms with Crippen molar-refractivity contribution in [2.45, 2.75) is 57.9 Å². The molecule has 3 heterocycles.